The minimum absolute atomic E-state index is 0.0191. The van der Waals surface area contributed by atoms with Crippen molar-refractivity contribution in [2.75, 3.05) is 7.05 Å². The first kappa shape index (κ1) is 14.6. The quantitative estimate of drug-likeness (QED) is 0.736. The second-order valence-corrected chi connectivity index (χ2v) is 6.40. The Morgan fingerprint density at radius 2 is 2.05 bits per heavy atom. The standard InChI is InChI=1S/C14H13BrClNOS/c1-17(8-13-6-12(15)9-19-13)14(18)11-4-2-10(7-16)3-5-11/h2-6,9H,7-8H2,1H3. The Morgan fingerprint density at radius 3 is 2.58 bits per heavy atom. The second kappa shape index (κ2) is 6.55. The van der Waals surface area contributed by atoms with Crippen LogP contribution in [0.15, 0.2) is 40.2 Å². The summed E-state index contributed by atoms with van der Waals surface area (Å²) in [5, 5.41) is 2.02. The Morgan fingerprint density at radius 1 is 1.37 bits per heavy atom. The first-order valence-electron chi connectivity index (χ1n) is 5.73. The van der Waals surface area contributed by atoms with Gasteiger partial charge in [-0.1, -0.05) is 12.1 Å². The molecular weight excluding hydrogens is 346 g/mol. The molecule has 1 amide bonds. The van der Waals surface area contributed by atoms with Gasteiger partial charge < -0.3 is 4.90 Å². The number of thiophene rings is 1. The topological polar surface area (TPSA) is 20.3 Å². The number of carbonyl (C=O) groups excluding carboxylic acids is 1. The van der Waals surface area contributed by atoms with Gasteiger partial charge >= 0.3 is 0 Å². The van der Waals surface area contributed by atoms with Crippen LogP contribution in [0.1, 0.15) is 20.8 Å². The van der Waals surface area contributed by atoms with Gasteiger partial charge in [0.25, 0.3) is 5.91 Å². The molecule has 0 spiro atoms. The molecule has 0 saturated heterocycles. The van der Waals surface area contributed by atoms with E-state index >= 15 is 0 Å². The molecule has 2 nitrogen and oxygen atoms in total. The summed E-state index contributed by atoms with van der Waals surface area (Å²) in [6.07, 6.45) is 0. The average molecular weight is 359 g/mol. The predicted molar refractivity (Wildman–Crippen MR) is 83.8 cm³/mol. The number of rotatable bonds is 4. The summed E-state index contributed by atoms with van der Waals surface area (Å²) in [6, 6.07) is 9.44. The van der Waals surface area contributed by atoms with Crippen molar-refractivity contribution in [3.63, 3.8) is 0 Å². The highest BCUT2D eigenvalue weighted by Crippen LogP contribution is 2.21. The van der Waals surface area contributed by atoms with Crippen LogP contribution in [0.5, 0.6) is 0 Å². The third kappa shape index (κ3) is 3.81. The fourth-order valence-corrected chi connectivity index (χ4v) is 3.38. The number of alkyl halides is 1. The minimum Gasteiger partial charge on any atom is -0.337 e. The van der Waals surface area contributed by atoms with E-state index < -0.39 is 0 Å². The third-order valence-electron chi connectivity index (χ3n) is 2.72. The van der Waals surface area contributed by atoms with Crippen LogP contribution < -0.4 is 0 Å². The summed E-state index contributed by atoms with van der Waals surface area (Å²) >= 11 is 10.8. The van der Waals surface area contributed by atoms with Gasteiger partial charge in [0.2, 0.25) is 0 Å². The van der Waals surface area contributed by atoms with E-state index in [0.29, 0.717) is 18.0 Å². The molecule has 2 rings (SSSR count). The summed E-state index contributed by atoms with van der Waals surface area (Å²) < 4.78 is 1.06. The molecule has 0 atom stereocenters. The molecular formula is C14H13BrClNOS. The van der Waals surface area contributed by atoms with Crippen molar-refractivity contribution in [1.29, 1.82) is 0 Å². The zero-order chi connectivity index (χ0) is 13.8. The zero-order valence-corrected chi connectivity index (χ0v) is 13.6. The first-order valence-corrected chi connectivity index (χ1v) is 7.94. The molecule has 2 aromatic rings. The van der Waals surface area contributed by atoms with E-state index in [0.717, 1.165) is 14.9 Å². The van der Waals surface area contributed by atoms with Crippen molar-refractivity contribution >= 4 is 44.8 Å². The predicted octanol–water partition coefficient (Wildman–Crippen LogP) is 4.52. The molecule has 100 valence electrons. The van der Waals surface area contributed by atoms with Crippen molar-refractivity contribution < 1.29 is 4.79 Å². The van der Waals surface area contributed by atoms with Gasteiger partial charge in [0.15, 0.2) is 0 Å². The number of benzene rings is 1. The van der Waals surface area contributed by atoms with Crippen LogP contribution in [0, 0.1) is 0 Å². The molecule has 1 heterocycles. The first-order chi connectivity index (χ1) is 9.10. The summed E-state index contributed by atoms with van der Waals surface area (Å²) in [5.74, 6) is 0.485. The van der Waals surface area contributed by atoms with Crippen LogP contribution in [0.2, 0.25) is 0 Å². The maximum absolute atomic E-state index is 12.2. The molecule has 1 aromatic carbocycles. The Hall–Kier alpha value is -0.840. The smallest absolute Gasteiger partial charge is 0.253 e. The normalized spacial score (nSPS) is 10.5. The SMILES string of the molecule is CN(Cc1cc(Br)cs1)C(=O)c1ccc(CCl)cc1. The van der Waals surface area contributed by atoms with E-state index in [4.69, 9.17) is 11.6 Å². The highest BCUT2D eigenvalue weighted by Gasteiger charge is 2.12. The van der Waals surface area contributed by atoms with Gasteiger partial charge in [0.05, 0.1) is 6.54 Å². The third-order valence-corrected chi connectivity index (χ3v) is 4.71. The second-order valence-electron chi connectivity index (χ2n) is 4.22. The van der Waals surface area contributed by atoms with Crippen molar-refractivity contribution in [1.82, 2.24) is 4.90 Å². The van der Waals surface area contributed by atoms with Gasteiger partial charge in [-0.3, -0.25) is 4.79 Å². The highest BCUT2D eigenvalue weighted by atomic mass is 79.9. The molecule has 0 unspecified atom stereocenters. The van der Waals surface area contributed by atoms with Crippen LogP contribution >= 0.6 is 38.9 Å². The van der Waals surface area contributed by atoms with E-state index in [1.165, 1.54) is 0 Å². The average Bonchev–Trinajstić information content (AvgIpc) is 2.83. The van der Waals surface area contributed by atoms with E-state index in [-0.39, 0.29) is 5.91 Å². The molecule has 0 saturated carbocycles. The fourth-order valence-electron chi connectivity index (χ4n) is 1.70. The van der Waals surface area contributed by atoms with Crippen molar-refractivity contribution in [3.8, 4) is 0 Å². The maximum Gasteiger partial charge on any atom is 0.253 e. The van der Waals surface area contributed by atoms with E-state index in [1.54, 1.807) is 16.2 Å². The van der Waals surface area contributed by atoms with Gasteiger partial charge in [-0.25, -0.2) is 0 Å². The Labute approximate surface area is 130 Å². The number of nitrogens with zero attached hydrogens (tertiary/aromatic N) is 1. The molecule has 0 radical (unpaired) electrons. The monoisotopic (exact) mass is 357 g/mol. The lowest BCUT2D eigenvalue weighted by atomic mass is 10.1. The summed E-state index contributed by atoms with van der Waals surface area (Å²) in [5.41, 5.74) is 1.70. The Balaban J connectivity index is 2.05. The van der Waals surface area contributed by atoms with Crippen LogP contribution in [0.25, 0.3) is 0 Å². The van der Waals surface area contributed by atoms with Gasteiger partial charge in [-0.15, -0.1) is 22.9 Å². The lowest BCUT2D eigenvalue weighted by Crippen LogP contribution is -2.25. The van der Waals surface area contributed by atoms with Crippen LogP contribution in [-0.4, -0.2) is 17.9 Å². The fraction of sp³-hybridized carbons (Fsp3) is 0.214. The van der Waals surface area contributed by atoms with Gasteiger partial charge in [0, 0.05) is 33.2 Å². The van der Waals surface area contributed by atoms with E-state index in [2.05, 4.69) is 15.9 Å². The number of carbonyl (C=O) groups is 1. The van der Waals surface area contributed by atoms with Gasteiger partial charge in [-0.05, 0) is 39.7 Å². The van der Waals surface area contributed by atoms with Crippen LogP contribution in [-0.2, 0) is 12.4 Å². The molecule has 0 fully saturated rings. The number of hydrogen-bond acceptors (Lipinski definition) is 2. The summed E-state index contributed by atoms with van der Waals surface area (Å²) in [6.45, 7) is 0.617. The Kier molecular flexibility index (Phi) is 5.02. The van der Waals surface area contributed by atoms with Crippen LogP contribution in [0.3, 0.4) is 0 Å². The number of halogens is 2. The summed E-state index contributed by atoms with van der Waals surface area (Å²) in [4.78, 5) is 15.1. The Bertz CT molecular complexity index is 567. The number of hydrogen-bond donors (Lipinski definition) is 0. The van der Waals surface area contributed by atoms with Gasteiger partial charge in [-0.2, -0.15) is 0 Å². The number of amides is 1. The van der Waals surface area contributed by atoms with Crippen molar-refractivity contribution in [3.05, 3.63) is 56.2 Å². The van der Waals surface area contributed by atoms with Crippen LogP contribution in [0.4, 0.5) is 0 Å². The molecule has 0 N–H and O–H groups in total. The van der Waals surface area contributed by atoms with Crippen molar-refractivity contribution in [2.24, 2.45) is 0 Å². The summed E-state index contributed by atoms with van der Waals surface area (Å²) in [7, 11) is 1.81. The highest BCUT2D eigenvalue weighted by molar-refractivity contribution is 9.10. The van der Waals surface area contributed by atoms with E-state index in [1.807, 2.05) is 42.8 Å². The molecule has 19 heavy (non-hydrogen) atoms. The molecule has 5 heteroatoms. The molecule has 0 aliphatic carbocycles. The van der Waals surface area contributed by atoms with Gasteiger partial charge in [0.1, 0.15) is 0 Å². The minimum atomic E-state index is 0.0191. The molecule has 1 aromatic heterocycles. The maximum atomic E-state index is 12.2. The molecule has 0 bridgehead atoms. The lowest BCUT2D eigenvalue weighted by molar-refractivity contribution is 0.0786. The lowest BCUT2D eigenvalue weighted by Gasteiger charge is -2.16. The molecule has 0 aliphatic heterocycles. The zero-order valence-electron chi connectivity index (χ0n) is 10.4. The van der Waals surface area contributed by atoms with E-state index in [9.17, 15) is 4.79 Å². The van der Waals surface area contributed by atoms with Crippen molar-refractivity contribution in [2.45, 2.75) is 12.4 Å². The molecule has 0 aliphatic rings. The largest absolute Gasteiger partial charge is 0.337 e.